The lowest BCUT2D eigenvalue weighted by molar-refractivity contribution is 0.161. The first kappa shape index (κ1) is 14.3. The number of aromatic nitrogens is 2. The molecule has 1 aliphatic rings. The molecular formula is C17H24N4. The summed E-state index contributed by atoms with van der Waals surface area (Å²) in [5.74, 6) is 1.17. The first-order valence-electron chi connectivity index (χ1n) is 7.78. The number of benzene rings is 1. The van der Waals surface area contributed by atoms with Gasteiger partial charge in [-0.25, -0.2) is 4.98 Å². The first-order chi connectivity index (χ1) is 10.3. The van der Waals surface area contributed by atoms with Crippen LogP contribution in [-0.4, -0.2) is 46.7 Å². The largest absolute Gasteiger partial charge is 0.338 e. The molecule has 1 unspecified atom stereocenters. The van der Waals surface area contributed by atoms with Gasteiger partial charge in [0.05, 0.1) is 0 Å². The Kier molecular flexibility index (Phi) is 4.68. The average molecular weight is 284 g/mol. The number of rotatable bonds is 5. The molecule has 0 amide bonds. The van der Waals surface area contributed by atoms with E-state index in [-0.39, 0.29) is 0 Å². The second-order valence-electron chi connectivity index (χ2n) is 5.79. The van der Waals surface area contributed by atoms with Crippen molar-refractivity contribution < 1.29 is 0 Å². The zero-order valence-electron chi connectivity index (χ0n) is 12.7. The standard InChI is InChI=1S/C17H24N4/c1-20-11-9-19-17(20)7-10-21-12-8-18-14-16(21)13-15-5-3-2-4-6-15/h2-6,9,11,16,18H,7-8,10,12-14H2,1H3. The van der Waals surface area contributed by atoms with Crippen molar-refractivity contribution in [2.75, 3.05) is 26.2 Å². The Bertz CT molecular complexity index is 549. The lowest BCUT2D eigenvalue weighted by Gasteiger charge is -2.36. The van der Waals surface area contributed by atoms with Crippen LogP contribution >= 0.6 is 0 Å². The highest BCUT2D eigenvalue weighted by Gasteiger charge is 2.22. The summed E-state index contributed by atoms with van der Waals surface area (Å²) in [5.41, 5.74) is 1.42. The number of hydrogen-bond acceptors (Lipinski definition) is 3. The molecule has 2 heterocycles. The van der Waals surface area contributed by atoms with Crippen LogP contribution in [0.1, 0.15) is 11.4 Å². The summed E-state index contributed by atoms with van der Waals surface area (Å²) in [6.45, 7) is 4.38. The van der Waals surface area contributed by atoms with E-state index < -0.39 is 0 Å². The molecule has 3 rings (SSSR count). The number of nitrogens with zero attached hydrogens (tertiary/aromatic N) is 3. The van der Waals surface area contributed by atoms with Gasteiger partial charge in [0.15, 0.2) is 0 Å². The Labute approximate surface area is 126 Å². The van der Waals surface area contributed by atoms with Gasteiger partial charge in [0, 0.05) is 58.1 Å². The molecule has 2 aromatic rings. The maximum absolute atomic E-state index is 4.43. The Morgan fingerprint density at radius 1 is 1.29 bits per heavy atom. The molecule has 1 aromatic carbocycles. The molecule has 0 saturated carbocycles. The van der Waals surface area contributed by atoms with E-state index in [9.17, 15) is 0 Å². The van der Waals surface area contributed by atoms with Gasteiger partial charge in [-0.05, 0) is 12.0 Å². The molecule has 0 radical (unpaired) electrons. The molecule has 0 aliphatic carbocycles. The molecule has 0 bridgehead atoms. The van der Waals surface area contributed by atoms with E-state index >= 15 is 0 Å². The molecule has 1 aromatic heterocycles. The number of aryl methyl sites for hydroxylation is 1. The van der Waals surface area contributed by atoms with Crippen molar-refractivity contribution in [3.63, 3.8) is 0 Å². The Morgan fingerprint density at radius 2 is 2.14 bits per heavy atom. The van der Waals surface area contributed by atoms with Gasteiger partial charge in [-0.2, -0.15) is 0 Å². The highest BCUT2D eigenvalue weighted by atomic mass is 15.2. The van der Waals surface area contributed by atoms with Gasteiger partial charge in [0.1, 0.15) is 5.82 Å². The highest BCUT2D eigenvalue weighted by Crippen LogP contribution is 2.12. The highest BCUT2D eigenvalue weighted by molar-refractivity contribution is 5.16. The molecule has 1 atom stereocenters. The fourth-order valence-corrected chi connectivity index (χ4v) is 3.07. The molecule has 1 aliphatic heterocycles. The van der Waals surface area contributed by atoms with Crippen LogP contribution in [0.2, 0.25) is 0 Å². The SMILES string of the molecule is Cn1ccnc1CCN1CCNCC1Cc1ccccc1. The van der Waals surface area contributed by atoms with Crippen molar-refractivity contribution in [2.24, 2.45) is 7.05 Å². The van der Waals surface area contributed by atoms with Crippen LogP contribution in [0.25, 0.3) is 0 Å². The van der Waals surface area contributed by atoms with Crippen LogP contribution in [0.3, 0.4) is 0 Å². The van der Waals surface area contributed by atoms with Crippen molar-refractivity contribution >= 4 is 0 Å². The molecule has 1 saturated heterocycles. The zero-order chi connectivity index (χ0) is 14.5. The third kappa shape index (κ3) is 3.71. The molecule has 1 fully saturated rings. The predicted molar refractivity (Wildman–Crippen MR) is 85.3 cm³/mol. The fraction of sp³-hybridized carbons (Fsp3) is 0.471. The summed E-state index contributed by atoms with van der Waals surface area (Å²) in [4.78, 5) is 7.04. The topological polar surface area (TPSA) is 33.1 Å². The van der Waals surface area contributed by atoms with E-state index in [1.165, 1.54) is 11.4 Å². The lowest BCUT2D eigenvalue weighted by Crippen LogP contribution is -2.52. The van der Waals surface area contributed by atoms with Crippen LogP contribution in [0.5, 0.6) is 0 Å². The molecule has 4 heteroatoms. The van der Waals surface area contributed by atoms with E-state index in [0.29, 0.717) is 6.04 Å². The lowest BCUT2D eigenvalue weighted by atomic mass is 10.0. The summed E-state index contributed by atoms with van der Waals surface area (Å²) in [6, 6.07) is 11.4. The van der Waals surface area contributed by atoms with Crippen molar-refractivity contribution in [1.82, 2.24) is 19.8 Å². The van der Waals surface area contributed by atoms with E-state index in [2.05, 4.69) is 57.1 Å². The van der Waals surface area contributed by atoms with Gasteiger partial charge >= 0.3 is 0 Å². The summed E-state index contributed by atoms with van der Waals surface area (Å²) in [6.07, 6.45) is 6.05. The number of nitrogens with one attached hydrogen (secondary N) is 1. The van der Waals surface area contributed by atoms with Crippen LogP contribution in [0.15, 0.2) is 42.7 Å². The van der Waals surface area contributed by atoms with Gasteiger partial charge < -0.3 is 9.88 Å². The van der Waals surface area contributed by atoms with Crippen LogP contribution in [0.4, 0.5) is 0 Å². The first-order valence-corrected chi connectivity index (χ1v) is 7.78. The quantitative estimate of drug-likeness (QED) is 0.903. The molecule has 21 heavy (non-hydrogen) atoms. The minimum absolute atomic E-state index is 0.585. The zero-order valence-corrected chi connectivity index (χ0v) is 12.7. The second-order valence-corrected chi connectivity index (χ2v) is 5.79. The molecule has 112 valence electrons. The Hall–Kier alpha value is -1.65. The van der Waals surface area contributed by atoms with E-state index in [1.807, 2.05) is 12.4 Å². The number of piperazine rings is 1. The normalized spacial score (nSPS) is 19.8. The van der Waals surface area contributed by atoms with E-state index in [0.717, 1.165) is 39.0 Å². The van der Waals surface area contributed by atoms with Crippen LogP contribution < -0.4 is 5.32 Å². The van der Waals surface area contributed by atoms with Crippen LogP contribution in [-0.2, 0) is 19.9 Å². The minimum Gasteiger partial charge on any atom is -0.338 e. The number of hydrogen-bond donors (Lipinski definition) is 1. The monoisotopic (exact) mass is 284 g/mol. The van der Waals surface area contributed by atoms with Crippen LogP contribution in [0, 0.1) is 0 Å². The summed E-state index contributed by atoms with van der Waals surface area (Å²) in [5, 5.41) is 3.53. The van der Waals surface area contributed by atoms with Crippen molar-refractivity contribution in [3.05, 3.63) is 54.1 Å². The third-order valence-electron chi connectivity index (χ3n) is 4.33. The average Bonchev–Trinajstić information content (AvgIpc) is 2.93. The maximum Gasteiger partial charge on any atom is 0.109 e. The van der Waals surface area contributed by atoms with Crippen molar-refractivity contribution in [2.45, 2.75) is 18.9 Å². The van der Waals surface area contributed by atoms with Gasteiger partial charge in [0.25, 0.3) is 0 Å². The number of imidazole rings is 1. The second kappa shape index (κ2) is 6.87. The van der Waals surface area contributed by atoms with E-state index in [4.69, 9.17) is 0 Å². The maximum atomic E-state index is 4.43. The summed E-state index contributed by atoms with van der Waals surface area (Å²) in [7, 11) is 2.07. The van der Waals surface area contributed by atoms with Gasteiger partial charge in [-0.1, -0.05) is 30.3 Å². The minimum atomic E-state index is 0.585. The summed E-state index contributed by atoms with van der Waals surface area (Å²) < 4.78 is 2.12. The Morgan fingerprint density at radius 3 is 2.90 bits per heavy atom. The molecule has 0 spiro atoms. The van der Waals surface area contributed by atoms with Gasteiger partial charge in [-0.3, -0.25) is 4.90 Å². The summed E-state index contributed by atoms with van der Waals surface area (Å²) >= 11 is 0. The van der Waals surface area contributed by atoms with E-state index in [1.54, 1.807) is 0 Å². The smallest absolute Gasteiger partial charge is 0.109 e. The predicted octanol–water partition coefficient (Wildman–Crippen LogP) is 1.48. The fourth-order valence-electron chi connectivity index (χ4n) is 3.07. The molecule has 4 nitrogen and oxygen atoms in total. The van der Waals surface area contributed by atoms with Crippen molar-refractivity contribution in [3.8, 4) is 0 Å². The van der Waals surface area contributed by atoms with Gasteiger partial charge in [0.2, 0.25) is 0 Å². The third-order valence-corrected chi connectivity index (χ3v) is 4.33. The molecule has 1 N–H and O–H groups in total. The van der Waals surface area contributed by atoms with Crippen molar-refractivity contribution in [1.29, 1.82) is 0 Å². The molecular weight excluding hydrogens is 260 g/mol. The van der Waals surface area contributed by atoms with Gasteiger partial charge in [-0.15, -0.1) is 0 Å². The Balaban J connectivity index is 1.60.